The maximum Gasteiger partial charge on any atom is 0.262 e. The first kappa shape index (κ1) is 19.7. The Morgan fingerprint density at radius 2 is 1.94 bits per heavy atom. The van der Waals surface area contributed by atoms with Gasteiger partial charge in [-0.1, -0.05) is 0 Å². The topological polar surface area (TPSA) is 87.9 Å². The van der Waals surface area contributed by atoms with Crippen molar-refractivity contribution in [1.29, 1.82) is 0 Å². The molecule has 0 saturated carbocycles. The monoisotopic (exact) mass is 421 g/mol. The summed E-state index contributed by atoms with van der Waals surface area (Å²) in [5.41, 5.74) is 2.04. The predicted octanol–water partition coefficient (Wildman–Crippen LogP) is 2.08. The number of hydrogen-bond acceptors (Lipinski definition) is 7. The molecule has 0 aromatic carbocycles. The number of likely N-dealkylation sites (tertiary alicyclic amines) is 1. The van der Waals surface area contributed by atoms with Gasteiger partial charge in [-0.3, -0.25) is 4.79 Å². The van der Waals surface area contributed by atoms with Crippen LogP contribution in [0.5, 0.6) is 5.75 Å². The van der Waals surface area contributed by atoms with Gasteiger partial charge in [-0.05, 0) is 44.9 Å². The van der Waals surface area contributed by atoms with E-state index in [0.29, 0.717) is 35.6 Å². The lowest BCUT2D eigenvalue weighted by atomic mass is 10.0. The number of anilines is 2. The van der Waals surface area contributed by atoms with E-state index in [1.165, 1.54) is 0 Å². The molecular weight excluding hydrogens is 394 g/mol. The van der Waals surface area contributed by atoms with Crippen molar-refractivity contribution in [1.82, 2.24) is 24.5 Å². The molecular formula is C22H27N7O2. The second kappa shape index (κ2) is 7.81. The number of nitrogens with one attached hydrogen (secondary N) is 1. The third-order valence-corrected chi connectivity index (χ3v) is 6.10. The SMILES string of the molecule is CCOc1cc2nc(C)cn2cc1C(=O)Nc1ccc(N2CC3CN(C)CC3C2)nn1. The molecule has 1 amide bonds. The summed E-state index contributed by atoms with van der Waals surface area (Å²) in [4.78, 5) is 22.1. The third-order valence-electron chi connectivity index (χ3n) is 6.10. The molecule has 162 valence electrons. The van der Waals surface area contributed by atoms with Crippen molar-refractivity contribution in [3.05, 3.63) is 41.9 Å². The highest BCUT2D eigenvalue weighted by Gasteiger charge is 2.39. The van der Waals surface area contributed by atoms with E-state index in [2.05, 4.69) is 37.3 Å². The molecule has 2 fully saturated rings. The lowest BCUT2D eigenvalue weighted by Gasteiger charge is -2.19. The fourth-order valence-corrected chi connectivity index (χ4v) is 4.75. The molecule has 9 nitrogen and oxygen atoms in total. The van der Waals surface area contributed by atoms with Gasteiger partial charge in [0.05, 0.1) is 17.9 Å². The number of rotatable bonds is 5. The van der Waals surface area contributed by atoms with Gasteiger partial charge < -0.3 is 24.3 Å². The van der Waals surface area contributed by atoms with Crippen LogP contribution in [0.2, 0.25) is 0 Å². The molecule has 2 unspecified atom stereocenters. The highest BCUT2D eigenvalue weighted by atomic mass is 16.5. The highest BCUT2D eigenvalue weighted by molar-refractivity contribution is 6.05. The van der Waals surface area contributed by atoms with E-state index >= 15 is 0 Å². The Hall–Kier alpha value is -3.20. The first-order valence-electron chi connectivity index (χ1n) is 10.7. The minimum atomic E-state index is -0.294. The van der Waals surface area contributed by atoms with E-state index in [9.17, 15) is 4.79 Å². The van der Waals surface area contributed by atoms with Gasteiger partial charge in [-0.25, -0.2) is 4.98 Å². The van der Waals surface area contributed by atoms with Gasteiger partial charge in [0, 0.05) is 44.6 Å². The number of carbonyl (C=O) groups excluding carboxylic acids is 1. The van der Waals surface area contributed by atoms with E-state index in [1.54, 1.807) is 18.3 Å². The maximum atomic E-state index is 13.0. The molecule has 3 aromatic heterocycles. The lowest BCUT2D eigenvalue weighted by molar-refractivity contribution is 0.102. The van der Waals surface area contributed by atoms with Gasteiger partial charge in [0.2, 0.25) is 0 Å². The minimum Gasteiger partial charge on any atom is -0.493 e. The highest BCUT2D eigenvalue weighted by Crippen LogP contribution is 2.32. The number of imidazole rings is 1. The van der Waals surface area contributed by atoms with Crippen LogP contribution in [0, 0.1) is 18.8 Å². The zero-order valence-corrected chi connectivity index (χ0v) is 18.1. The molecule has 2 aliphatic rings. The number of nitrogens with zero attached hydrogens (tertiary/aromatic N) is 6. The first-order chi connectivity index (χ1) is 15.0. The van der Waals surface area contributed by atoms with E-state index in [-0.39, 0.29) is 5.91 Å². The van der Waals surface area contributed by atoms with Gasteiger partial charge in [0.15, 0.2) is 11.6 Å². The van der Waals surface area contributed by atoms with Crippen LogP contribution in [0.3, 0.4) is 0 Å². The summed E-state index contributed by atoms with van der Waals surface area (Å²) >= 11 is 0. The van der Waals surface area contributed by atoms with Gasteiger partial charge in [-0.2, -0.15) is 0 Å². The summed E-state index contributed by atoms with van der Waals surface area (Å²) in [5, 5.41) is 11.5. The number of aryl methyl sites for hydroxylation is 1. The van der Waals surface area contributed by atoms with E-state index in [1.807, 2.05) is 30.5 Å². The fourth-order valence-electron chi connectivity index (χ4n) is 4.75. The van der Waals surface area contributed by atoms with Crippen LogP contribution < -0.4 is 15.0 Å². The van der Waals surface area contributed by atoms with Crippen molar-refractivity contribution < 1.29 is 9.53 Å². The number of fused-ring (bicyclic) bond motifs is 2. The summed E-state index contributed by atoms with van der Waals surface area (Å²) in [6, 6.07) is 5.52. The van der Waals surface area contributed by atoms with Gasteiger partial charge >= 0.3 is 0 Å². The second-order valence-corrected chi connectivity index (χ2v) is 8.51. The van der Waals surface area contributed by atoms with Gasteiger partial charge in [-0.15, -0.1) is 10.2 Å². The van der Waals surface area contributed by atoms with E-state index in [0.717, 1.165) is 43.3 Å². The molecule has 0 bridgehead atoms. The van der Waals surface area contributed by atoms with Crippen molar-refractivity contribution >= 4 is 23.2 Å². The summed E-state index contributed by atoms with van der Waals surface area (Å²) in [7, 11) is 2.18. The molecule has 5 rings (SSSR count). The van der Waals surface area contributed by atoms with Gasteiger partial charge in [0.1, 0.15) is 11.4 Å². The van der Waals surface area contributed by atoms with E-state index in [4.69, 9.17) is 4.74 Å². The molecule has 2 atom stereocenters. The minimum absolute atomic E-state index is 0.294. The number of aromatic nitrogens is 4. The third kappa shape index (κ3) is 3.81. The zero-order valence-electron chi connectivity index (χ0n) is 18.1. The Bertz CT molecular complexity index is 1100. The maximum absolute atomic E-state index is 13.0. The zero-order chi connectivity index (χ0) is 21.5. The van der Waals surface area contributed by atoms with Crippen LogP contribution in [0.4, 0.5) is 11.6 Å². The number of amides is 1. The van der Waals surface area contributed by atoms with Crippen molar-refractivity contribution in [2.45, 2.75) is 13.8 Å². The lowest BCUT2D eigenvalue weighted by Crippen LogP contribution is -2.27. The average Bonchev–Trinajstić information content (AvgIpc) is 3.39. The van der Waals surface area contributed by atoms with E-state index < -0.39 is 0 Å². The Morgan fingerprint density at radius 1 is 1.16 bits per heavy atom. The summed E-state index contributed by atoms with van der Waals surface area (Å²) in [6.45, 7) is 8.57. The Morgan fingerprint density at radius 3 is 2.61 bits per heavy atom. The van der Waals surface area contributed by atoms with Crippen LogP contribution in [0.25, 0.3) is 5.65 Å². The molecule has 9 heteroatoms. The van der Waals surface area contributed by atoms with Crippen molar-refractivity contribution in [3.8, 4) is 5.75 Å². The number of pyridine rings is 1. The smallest absolute Gasteiger partial charge is 0.262 e. The largest absolute Gasteiger partial charge is 0.493 e. The van der Waals surface area contributed by atoms with Crippen LogP contribution in [0.1, 0.15) is 23.0 Å². The molecule has 0 radical (unpaired) electrons. The molecule has 0 aliphatic carbocycles. The first-order valence-corrected chi connectivity index (χ1v) is 10.7. The normalized spacial score (nSPS) is 20.9. The van der Waals surface area contributed by atoms with Crippen LogP contribution in [0.15, 0.2) is 30.6 Å². The molecule has 0 spiro atoms. The molecule has 5 heterocycles. The molecule has 2 aliphatic heterocycles. The predicted molar refractivity (Wildman–Crippen MR) is 118 cm³/mol. The molecule has 31 heavy (non-hydrogen) atoms. The average molecular weight is 422 g/mol. The van der Waals surface area contributed by atoms with Crippen molar-refractivity contribution in [2.24, 2.45) is 11.8 Å². The summed E-state index contributed by atoms with van der Waals surface area (Å²) in [5.74, 6) is 2.88. The fraction of sp³-hybridized carbons (Fsp3) is 0.455. The van der Waals surface area contributed by atoms with Crippen LogP contribution >= 0.6 is 0 Å². The van der Waals surface area contributed by atoms with Crippen LogP contribution in [-0.2, 0) is 0 Å². The molecule has 3 aromatic rings. The van der Waals surface area contributed by atoms with Gasteiger partial charge in [0.25, 0.3) is 5.91 Å². The number of ether oxygens (including phenoxy) is 1. The van der Waals surface area contributed by atoms with Crippen LogP contribution in [-0.4, -0.2) is 70.2 Å². The Balaban J connectivity index is 1.31. The standard InChI is InChI=1S/C22H27N7O2/c1-4-31-18-7-21-23-14(2)8-28(21)13-17(18)22(30)24-19-5-6-20(26-25-19)29-11-15-9-27(3)10-16(15)12-29/h5-8,13,15-16H,4,9-12H2,1-3H3,(H,24,25,30). The Labute approximate surface area is 181 Å². The molecule has 2 saturated heterocycles. The second-order valence-electron chi connectivity index (χ2n) is 8.51. The van der Waals surface area contributed by atoms with Crippen molar-refractivity contribution in [3.63, 3.8) is 0 Å². The summed E-state index contributed by atoms with van der Waals surface area (Å²) in [6.07, 6.45) is 3.61. The summed E-state index contributed by atoms with van der Waals surface area (Å²) < 4.78 is 7.51. The number of hydrogen-bond donors (Lipinski definition) is 1. The quantitative estimate of drug-likeness (QED) is 0.675. The number of carbonyl (C=O) groups is 1. The molecule has 1 N–H and O–H groups in total. The Kier molecular flexibility index (Phi) is 4.97. The van der Waals surface area contributed by atoms with Crippen molar-refractivity contribution in [2.75, 3.05) is 50.1 Å².